The molecule has 29 heavy (non-hydrogen) atoms. The van der Waals surface area contributed by atoms with Crippen molar-refractivity contribution in [1.29, 1.82) is 0 Å². The van der Waals surface area contributed by atoms with E-state index in [4.69, 9.17) is 14.2 Å². The quantitative estimate of drug-likeness (QED) is 0.619. The number of methoxy groups -OCH3 is 3. The van der Waals surface area contributed by atoms with Crippen molar-refractivity contribution in [1.82, 2.24) is 4.98 Å². The summed E-state index contributed by atoms with van der Waals surface area (Å²) in [7, 11) is 4.76. The molecule has 2 N–H and O–H groups in total. The maximum atomic E-state index is 12.6. The number of aryl methyl sites for hydroxylation is 1. The topological polar surface area (TPSA) is 81.7 Å². The van der Waals surface area contributed by atoms with E-state index in [0.717, 1.165) is 11.3 Å². The molecule has 0 fully saturated rings. The highest BCUT2D eigenvalue weighted by atomic mass is 16.5. The second kappa shape index (κ2) is 8.97. The molecule has 0 unspecified atom stereocenters. The smallest absolute Gasteiger partial charge is 0.274 e. The number of pyridine rings is 1. The van der Waals surface area contributed by atoms with Crippen molar-refractivity contribution in [2.45, 2.75) is 6.92 Å². The number of ether oxygens (including phenoxy) is 3. The number of carbonyl (C=O) groups excluding carboxylic acids is 1. The zero-order chi connectivity index (χ0) is 20.8. The molecule has 150 valence electrons. The Kier molecular flexibility index (Phi) is 6.19. The lowest BCUT2D eigenvalue weighted by atomic mass is 10.2. The average molecular weight is 393 g/mol. The summed E-state index contributed by atoms with van der Waals surface area (Å²) >= 11 is 0. The molecule has 0 atom stereocenters. The van der Waals surface area contributed by atoms with Crippen LogP contribution in [0.5, 0.6) is 17.2 Å². The van der Waals surface area contributed by atoms with E-state index in [1.165, 1.54) is 0 Å². The highest BCUT2D eigenvalue weighted by Crippen LogP contribution is 2.31. The molecule has 7 nitrogen and oxygen atoms in total. The SMILES string of the molecule is COc1ccc(OC)c(Nc2ccc(C(=O)Nc3cc(C)ccc3OC)nc2)c1. The fourth-order valence-electron chi connectivity index (χ4n) is 2.78. The maximum absolute atomic E-state index is 12.6. The standard InChI is InChI=1S/C22H23N3O4/c1-14-5-9-20(28-3)18(11-14)25-22(26)17-8-6-15(13-23-17)24-19-12-16(27-2)7-10-21(19)29-4/h5-13,24H,1-4H3,(H,25,26). The van der Waals surface area contributed by atoms with Crippen molar-refractivity contribution in [3.05, 3.63) is 66.0 Å². The number of hydrogen-bond acceptors (Lipinski definition) is 6. The minimum absolute atomic E-state index is 0.289. The Labute approximate surface area is 169 Å². The van der Waals surface area contributed by atoms with Gasteiger partial charge in [-0.25, -0.2) is 4.98 Å². The monoisotopic (exact) mass is 393 g/mol. The van der Waals surface area contributed by atoms with E-state index < -0.39 is 0 Å². The largest absolute Gasteiger partial charge is 0.497 e. The van der Waals surface area contributed by atoms with E-state index in [-0.39, 0.29) is 11.6 Å². The summed E-state index contributed by atoms with van der Waals surface area (Å²) in [6.07, 6.45) is 1.58. The third-order valence-corrected chi connectivity index (χ3v) is 4.28. The van der Waals surface area contributed by atoms with Gasteiger partial charge in [0, 0.05) is 6.07 Å². The second-order valence-corrected chi connectivity index (χ2v) is 6.28. The molecule has 0 aliphatic carbocycles. The summed E-state index contributed by atoms with van der Waals surface area (Å²) in [5, 5.41) is 6.06. The molecule has 0 aliphatic rings. The number of amides is 1. The van der Waals surface area contributed by atoms with Crippen LogP contribution in [0.25, 0.3) is 0 Å². The predicted molar refractivity (Wildman–Crippen MR) is 113 cm³/mol. The summed E-state index contributed by atoms with van der Waals surface area (Å²) in [6.45, 7) is 1.95. The van der Waals surface area contributed by atoms with E-state index in [1.807, 2.05) is 43.3 Å². The van der Waals surface area contributed by atoms with Gasteiger partial charge >= 0.3 is 0 Å². The predicted octanol–water partition coefficient (Wildman–Crippen LogP) is 4.41. The minimum atomic E-state index is -0.320. The van der Waals surface area contributed by atoms with Crippen LogP contribution >= 0.6 is 0 Å². The molecular weight excluding hydrogens is 370 g/mol. The third-order valence-electron chi connectivity index (χ3n) is 4.28. The fraction of sp³-hybridized carbons (Fsp3) is 0.182. The first-order chi connectivity index (χ1) is 14.0. The van der Waals surface area contributed by atoms with Crippen LogP contribution in [0.3, 0.4) is 0 Å². The lowest BCUT2D eigenvalue weighted by Crippen LogP contribution is -2.14. The summed E-state index contributed by atoms with van der Waals surface area (Å²) in [5.41, 5.74) is 3.34. The molecule has 1 aromatic heterocycles. The number of carbonyl (C=O) groups is 1. The molecule has 0 spiro atoms. The number of nitrogens with one attached hydrogen (secondary N) is 2. The first kappa shape index (κ1) is 20.0. The third kappa shape index (κ3) is 4.76. The van der Waals surface area contributed by atoms with Crippen LogP contribution < -0.4 is 24.8 Å². The van der Waals surface area contributed by atoms with Crippen LogP contribution in [0.1, 0.15) is 16.1 Å². The van der Waals surface area contributed by atoms with Crippen molar-refractivity contribution < 1.29 is 19.0 Å². The highest BCUT2D eigenvalue weighted by Gasteiger charge is 2.12. The van der Waals surface area contributed by atoms with E-state index in [1.54, 1.807) is 39.7 Å². The molecule has 2 aromatic carbocycles. The lowest BCUT2D eigenvalue weighted by Gasteiger charge is -2.13. The first-order valence-electron chi connectivity index (χ1n) is 8.95. The van der Waals surface area contributed by atoms with Crippen molar-refractivity contribution in [3.63, 3.8) is 0 Å². The zero-order valence-corrected chi connectivity index (χ0v) is 16.8. The van der Waals surface area contributed by atoms with Crippen LogP contribution in [0.2, 0.25) is 0 Å². The molecule has 7 heteroatoms. The Morgan fingerprint density at radius 1 is 0.862 bits per heavy atom. The van der Waals surface area contributed by atoms with Crippen LogP contribution in [0.15, 0.2) is 54.7 Å². The van der Waals surface area contributed by atoms with Gasteiger partial charge in [0.1, 0.15) is 22.9 Å². The van der Waals surface area contributed by atoms with Crippen molar-refractivity contribution in [2.24, 2.45) is 0 Å². The van der Waals surface area contributed by atoms with Gasteiger partial charge in [-0.2, -0.15) is 0 Å². The maximum Gasteiger partial charge on any atom is 0.274 e. The van der Waals surface area contributed by atoms with Crippen LogP contribution in [0, 0.1) is 6.92 Å². The molecule has 1 amide bonds. The van der Waals surface area contributed by atoms with E-state index >= 15 is 0 Å². The first-order valence-corrected chi connectivity index (χ1v) is 8.95. The number of rotatable bonds is 7. The Hall–Kier alpha value is -3.74. The summed E-state index contributed by atoms with van der Waals surface area (Å²) in [6, 6.07) is 14.4. The number of anilines is 3. The van der Waals surface area contributed by atoms with Gasteiger partial charge in [-0.15, -0.1) is 0 Å². The van der Waals surface area contributed by atoms with Crippen molar-refractivity contribution in [2.75, 3.05) is 32.0 Å². The number of hydrogen-bond donors (Lipinski definition) is 2. The Balaban J connectivity index is 1.75. The zero-order valence-electron chi connectivity index (χ0n) is 16.8. The molecular formula is C22H23N3O4. The second-order valence-electron chi connectivity index (χ2n) is 6.28. The van der Waals surface area contributed by atoms with Gasteiger partial charge in [0.15, 0.2) is 0 Å². The summed E-state index contributed by atoms with van der Waals surface area (Å²) < 4.78 is 15.9. The molecule has 3 rings (SSSR count). The van der Waals surface area contributed by atoms with Crippen molar-refractivity contribution >= 4 is 23.0 Å². The van der Waals surface area contributed by atoms with Crippen LogP contribution in [-0.4, -0.2) is 32.2 Å². The molecule has 1 heterocycles. The molecule has 3 aromatic rings. The molecule has 0 saturated carbocycles. The van der Waals surface area contributed by atoms with Gasteiger partial charge in [0.2, 0.25) is 0 Å². The average Bonchev–Trinajstić information content (AvgIpc) is 2.74. The van der Waals surface area contributed by atoms with Gasteiger partial charge in [0.25, 0.3) is 5.91 Å². The minimum Gasteiger partial charge on any atom is -0.497 e. The van der Waals surface area contributed by atoms with Crippen LogP contribution in [0.4, 0.5) is 17.1 Å². The Morgan fingerprint density at radius 3 is 2.24 bits per heavy atom. The highest BCUT2D eigenvalue weighted by molar-refractivity contribution is 6.03. The fourth-order valence-corrected chi connectivity index (χ4v) is 2.78. The lowest BCUT2D eigenvalue weighted by molar-refractivity contribution is 0.102. The van der Waals surface area contributed by atoms with Gasteiger partial charge in [-0.3, -0.25) is 4.79 Å². The number of aromatic nitrogens is 1. The molecule has 0 bridgehead atoms. The Morgan fingerprint density at radius 2 is 1.59 bits per heavy atom. The van der Waals surface area contributed by atoms with E-state index in [9.17, 15) is 4.79 Å². The summed E-state index contributed by atoms with van der Waals surface area (Å²) in [5.74, 6) is 1.63. The van der Waals surface area contributed by atoms with Crippen molar-refractivity contribution in [3.8, 4) is 17.2 Å². The molecule has 0 aliphatic heterocycles. The number of benzene rings is 2. The van der Waals surface area contributed by atoms with Crippen LogP contribution in [-0.2, 0) is 0 Å². The normalized spacial score (nSPS) is 10.2. The molecule has 0 saturated heterocycles. The number of nitrogens with zero attached hydrogens (tertiary/aromatic N) is 1. The summed E-state index contributed by atoms with van der Waals surface area (Å²) in [4.78, 5) is 16.8. The Bertz CT molecular complexity index is 1000. The van der Waals surface area contributed by atoms with Gasteiger partial charge in [0.05, 0.1) is 44.6 Å². The van der Waals surface area contributed by atoms with Gasteiger partial charge < -0.3 is 24.8 Å². The molecule has 0 radical (unpaired) electrons. The van der Waals surface area contributed by atoms with E-state index in [0.29, 0.717) is 28.6 Å². The van der Waals surface area contributed by atoms with E-state index in [2.05, 4.69) is 15.6 Å². The van der Waals surface area contributed by atoms with Gasteiger partial charge in [-0.05, 0) is 48.9 Å². The van der Waals surface area contributed by atoms with Gasteiger partial charge in [-0.1, -0.05) is 6.07 Å².